The Kier molecular flexibility index (Phi) is 6.14. The third-order valence-corrected chi connectivity index (χ3v) is 4.47. The molecule has 0 saturated heterocycles. The molecule has 7 heteroatoms. The summed E-state index contributed by atoms with van der Waals surface area (Å²) in [7, 11) is 1.62. The molecule has 0 N–H and O–H groups in total. The lowest BCUT2D eigenvalue weighted by atomic mass is 10.1. The molecule has 0 aliphatic heterocycles. The molecule has 1 aromatic carbocycles. The highest BCUT2D eigenvalue weighted by molar-refractivity contribution is 7.99. The zero-order valence-corrected chi connectivity index (χ0v) is 14.7. The highest BCUT2D eigenvalue weighted by Crippen LogP contribution is 2.17. The van der Waals surface area contributed by atoms with Gasteiger partial charge in [0.2, 0.25) is 0 Å². The van der Waals surface area contributed by atoms with E-state index in [1.165, 1.54) is 28.5 Å². The number of nitrogens with zero attached hydrogens (tertiary/aromatic N) is 2. The van der Waals surface area contributed by atoms with E-state index in [0.717, 1.165) is 5.56 Å². The molecule has 1 aromatic heterocycles. The zero-order valence-electron chi connectivity index (χ0n) is 13.8. The van der Waals surface area contributed by atoms with Gasteiger partial charge in [-0.2, -0.15) is 0 Å². The van der Waals surface area contributed by atoms with Gasteiger partial charge in [0.15, 0.2) is 5.16 Å². The Morgan fingerprint density at radius 3 is 2.62 bits per heavy atom. The molecule has 5 nitrogen and oxygen atoms in total. The van der Waals surface area contributed by atoms with E-state index in [-0.39, 0.29) is 23.1 Å². The second-order valence-electron chi connectivity index (χ2n) is 5.22. The molecule has 0 aliphatic carbocycles. The van der Waals surface area contributed by atoms with Crippen LogP contribution < -0.4 is 5.56 Å². The van der Waals surface area contributed by atoms with E-state index in [2.05, 4.69) is 4.98 Å². The fourth-order valence-electron chi connectivity index (χ4n) is 2.20. The first-order valence-electron chi connectivity index (χ1n) is 7.51. The summed E-state index contributed by atoms with van der Waals surface area (Å²) in [4.78, 5) is 28.4. The maximum absolute atomic E-state index is 13.0. The van der Waals surface area contributed by atoms with Crippen LogP contribution in [0.3, 0.4) is 0 Å². The maximum atomic E-state index is 13.0. The standard InChI is InChI=1S/C17H19FN2O3S/c1-4-23-15(21)10-24-17-19-11(2)14(16(22)20(17)3)9-12-5-7-13(18)8-6-12/h5-8H,4,9-10H2,1-3H3. The van der Waals surface area contributed by atoms with Gasteiger partial charge in [0.05, 0.1) is 12.4 Å². The van der Waals surface area contributed by atoms with Crippen molar-refractivity contribution in [3.63, 3.8) is 0 Å². The molecule has 2 aromatic rings. The van der Waals surface area contributed by atoms with Gasteiger partial charge >= 0.3 is 5.97 Å². The van der Waals surface area contributed by atoms with Crippen molar-refractivity contribution < 1.29 is 13.9 Å². The van der Waals surface area contributed by atoms with Gasteiger partial charge in [-0.15, -0.1) is 0 Å². The number of hydrogen-bond donors (Lipinski definition) is 0. The molecule has 0 amide bonds. The van der Waals surface area contributed by atoms with Crippen molar-refractivity contribution in [1.82, 2.24) is 9.55 Å². The molecular weight excluding hydrogens is 331 g/mol. The van der Waals surface area contributed by atoms with Gasteiger partial charge in [-0.3, -0.25) is 14.2 Å². The molecule has 0 radical (unpaired) electrons. The summed E-state index contributed by atoms with van der Waals surface area (Å²) in [6.07, 6.45) is 0.384. The minimum Gasteiger partial charge on any atom is -0.465 e. The predicted octanol–water partition coefficient (Wildman–Crippen LogP) is 2.47. The number of esters is 1. The van der Waals surface area contributed by atoms with Crippen molar-refractivity contribution in [2.24, 2.45) is 7.05 Å². The fourth-order valence-corrected chi connectivity index (χ4v) is 3.00. The van der Waals surface area contributed by atoms with Crippen LogP contribution in [0.15, 0.2) is 34.2 Å². The lowest BCUT2D eigenvalue weighted by Gasteiger charge is -2.12. The largest absolute Gasteiger partial charge is 0.465 e. The van der Waals surface area contributed by atoms with E-state index in [1.54, 1.807) is 33.0 Å². The van der Waals surface area contributed by atoms with Crippen LogP contribution in [-0.2, 0) is 23.0 Å². The van der Waals surface area contributed by atoms with Gasteiger partial charge in [-0.05, 0) is 31.5 Å². The average molecular weight is 350 g/mol. The lowest BCUT2D eigenvalue weighted by Crippen LogP contribution is -2.26. The van der Waals surface area contributed by atoms with Crippen molar-refractivity contribution in [1.29, 1.82) is 0 Å². The summed E-state index contributed by atoms with van der Waals surface area (Å²) in [5, 5.41) is 0.466. The Balaban J connectivity index is 2.22. The van der Waals surface area contributed by atoms with E-state index in [1.807, 2.05) is 0 Å². The fraction of sp³-hybridized carbons (Fsp3) is 0.353. The number of aryl methyl sites for hydroxylation is 1. The quantitative estimate of drug-likeness (QED) is 0.455. The number of thioether (sulfide) groups is 1. The Labute approximate surface area is 143 Å². The molecule has 0 spiro atoms. The van der Waals surface area contributed by atoms with Crippen molar-refractivity contribution in [2.75, 3.05) is 12.4 Å². The van der Waals surface area contributed by atoms with Crippen LogP contribution in [0, 0.1) is 12.7 Å². The topological polar surface area (TPSA) is 61.2 Å². The van der Waals surface area contributed by atoms with E-state index in [4.69, 9.17) is 4.74 Å². The maximum Gasteiger partial charge on any atom is 0.316 e. The molecule has 0 aliphatic rings. The summed E-state index contributed by atoms with van der Waals surface area (Å²) in [5.74, 6) is -0.553. The smallest absolute Gasteiger partial charge is 0.316 e. The first-order chi connectivity index (χ1) is 11.4. The van der Waals surface area contributed by atoms with Crippen LogP contribution in [0.25, 0.3) is 0 Å². The Bertz CT molecular complexity index is 788. The SMILES string of the molecule is CCOC(=O)CSc1nc(C)c(Cc2ccc(F)cc2)c(=O)n1C. The molecular formula is C17H19FN2O3S. The van der Waals surface area contributed by atoms with Gasteiger partial charge in [0.25, 0.3) is 5.56 Å². The second kappa shape index (κ2) is 8.10. The highest BCUT2D eigenvalue weighted by Gasteiger charge is 2.14. The summed E-state index contributed by atoms with van der Waals surface area (Å²) in [5.41, 5.74) is 1.84. The number of carbonyl (C=O) groups excluding carboxylic acids is 1. The number of aromatic nitrogens is 2. The third-order valence-electron chi connectivity index (χ3n) is 3.47. The summed E-state index contributed by atoms with van der Waals surface area (Å²) in [6.45, 7) is 3.82. The van der Waals surface area contributed by atoms with E-state index >= 15 is 0 Å². The van der Waals surface area contributed by atoms with Crippen molar-refractivity contribution >= 4 is 17.7 Å². The summed E-state index contributed by atoms with van der Waals surface area (Å²) >= 11 is 1.17. The van der Waals surface area contributed by atoms with Crippen LogP contribution in [-0.4, -0.2) is 27.9 Å². The lowest BCUT2D eigenvalue weighted by molar-refractivity contribution is -0.139. The summed E-state index contributed by atoms with van der Waals surface area (Å²) in [6, 6.07) is 6.04. The number of halogens is 1. The molecule has 0 atom stereocenters. The molecule has 2 rings (SSSR count). The molecule has 1 heterocycles. The number of hydrogen-bond acceptors (Lipinski definition) is 5. The molecule has 0 saturated carbocycles. The highest BCUT2D eigenvalue weighted by atomic mass is 32.2. The van der Waals surface area contributed by atoms with Crippen LogP contribution in [0.4, 0.5) is 4.39 Å². The number of benzene rings is 1. The van der Waals surface area contributed by atoms with Gasteiger partial charge < -0.3 is 4.74 Å². The van der Waals surface area contributed by atoms with Crippen molar-refractivity contribution in [3.8, 4) is 0 Å². The van der Waals surface area contributed by atoms with Gasteiger partial charge in [-0.25, -0.2) is 9.37 Å². The summed E-state index contributed by atoms with van der Waals surface area (Å²) < 4.78 is 19.3. The molecule has 0 unspecified atom stereocenters. The number of carbonyl (C=O) groups is 1. The first kappa shape index (κ1) is 18.2. The molecule has 128 valence electrons. The Morgan fingerprint density at radius 1 is 1.33 bits per heavy atom. The second-order valence-corrected chi connectivity index (χ2v) is 6.16. The van der Waals surface area contributed by atoms with Crippen LogP contribution in [0.5, 0.6) is 0 Å². The van der Waals surface area contributed by atoms with Crippen LogP contribution in [0.1, 0.15) is 23.7 Å². The molecule has 0 fully saturated rings. The minimum atomic E-state index is -0.343. The normalized spacial score (nSPS) is 10.7. The zero-order chi connectivity index (χ0) is 17.7. The van der Waals surface area contributed by atoms with E-state index < -0.39 is 0 Å². The Hall–Kier alpha value is -2.15. The Morgan fingerprint density at radius 2 is 2.00 bits per heavy atom. The van der Waals surface area contributed by atoms with E-state index in [9.17, 15) is 14.0 Å². The van der Waals surface area contributed by atoms with Gasteiger partial charge in [0, 0.05) is 24.7 Å². The monoisotopic (exact) mass is 350 g/mol. The predicted molar refractivity (Wildman–Crippen MR) is 90.8 cm³/mol. The van der Waals surface area contributed by atoms with Crippen molar-refractivity contribution in [2.45, 2.75) is 25.4 Å². The van der Waals surface area contributed by atoms with E-state index in [0.29, 0.717) is 29.4 Å². The minimum absolute atomic E-state index is 0.102. The van der Waals surface area contributed by atoms with Gasteiger partial charge in [0.1, 0.15) is 5.82 Å². The van der Waals surface area contributed by atoms with Gasteiger partial charge in [-0.1, -0.05) is 23.9 Å². The molecule has 24 heavy (non-hydrogen) atoms. The van der Waals surface area contributed by atoms with Crippen molar-refractivity contribution in [3.05, 3.63) is 57.3 Å². The third kappa shape index (κ3) is 4.44. The molecule has 0 bridgehead atoms. The first-order valence-corrected chi connectivity index (χ1v) is 8.50. The number of rotatable bonds is 6. The number of ether oxygens (including phenoxy) is 1. The van der Waals surface area contributed by atoms with Crippen LogP contribution in [0.2, 0.25) is 0 Å². The average Bonchev–Trinajstić information content (AvgIpc) is 2.55. The van der Waals surface area contributed by atoms with Crippen LogP contribution >= 0.6 is 11.8 Å².